The Bertz CT molecular complexity index is 466. The first-order valence-corrected chi connectivity index (χ1v) is 8.61. The Morgan fingerprint density at radius 3 is 2.55 bits per heavy atom. The maximum Gasteiger partial charge on any atom is 0.237 e. The second-order valence-corrected chi connectivity index (χ2v) is 6.32. The van der Waals surface area contributed by atoms with Crippen molar-refractivity contribution in [3.05, 3.63) is 23.8 Å². The summed E-state index contributed by atoms with van der Waals surface area (Å²) in [4.78, 5) is 0. The van der Waals surface area contributed by atoms with E-state index in [4.69, 9.17) is 14.9 Å². The molecule has 2 aliphatic rings. The van der Waals surface area contributed by atoms with E-state index in [1.165, 1.54) is 37.7 Å². The van der Waals surface area contributed by atoms with Crippen LogP contribution in [0.2, 0.25) is 0 Å². The SMILES string of the molecule is COc1ccc(C[N+]N2CCCCC2)cc1OC1CCCC1. The van der Waals surface area contributed by atoms with Gasteiger partial charge in [0.25, 0.3) is 0 Å². The summed E-state index contributed by atoms with van der Waals surface area (Å²) in [6.45, 7) is 2.92. The van der Waals surface area contributed by atoms with Crippen LogP contribution in [0.4, 0.5) is 0 Å². The molecule has 0 aromatic heterocycles. The summed E-state index contributed by atoms with van der Waals surface area (Å²) >= 11 is 0. The largest absolute Gasteiger partial charge is 0.493 e. The van der Waals surface area contributed by atoms with Crippen molar-refractivity contribution in [1.82, 2.24) is 10.4 Å². The highest BCUT2D eigenvalue weighted by atomic mass is 16.5. The van der Waals surface area contributed by atoms with Crippen LogP contribution in [0.3, 0.4) is 0 Å². The van der Waals surface area contributed by atoms with E-state index in [9.17, 15) is 0 Å². The van der Waals surface area contributed by atoms with Crippen molar-refractivity contribution in [2.75, 3.05) is 20.2 Å². The highest BCUT2D eigenvalue weighted by Gasteiger charge is 2.23. The van der Waals surface area contributed by atoms with Gasteiger partial charge in [-0.05, 0) is 61.7 Å². The lowest BCUT2D eigenvalue weighted by Gasteiger charge is -2.17. The van der Waals surface area contributed by atoms with Gasteiger partial charge in [-0.1, -0.05) is 6.42 Å². The maximum atomic E-state index is 6.15. The van der Waals surface area contributed by atoms with Crippen molar-refractivity contribution < 1.29 is 9.47 Å². The van der Waals surface area contributed by atoms with E-state index in [1.54, 1.807) is 7.11 Å². The lowest BCUT2D eigenvalue weighted by molar-refractivity contribution is 0.144. The van der Waals surface area contributed by atoms with E-state index in [1.807, 2.05) is 6.07 Å². The molecule has 0 unspecified atom stereocenters. The van der Waals surface area contributed by atoms with Gasteiger partial charge in [0.2, 0.25) is 6.54 Å². The molecule has 1 aromatic carbocycles. The topological polar surface area (TPSA) is 35.8 Å². The Balaban J connectivity index is 1.60. The maximum absolute atomic E-state index is 6.15. The fraction of sp³-hybridized carbons (Fsp3) is 0.667. The van der Waals surface area contributed by atoms with Crippen molar-refractivity contribution in [3.63, 3.8) is 0 Å². The summed E-state index contributed by atoms with van der Waals surface area (Å²) in [5, 5.41) is 2.21. The third-order valence-electron chi connectivity index (χ3n) is 4.61. The van der Waals surface area contributed by atoms with E-state index in [0.717, 1.165) is 44.0 Å². The number of rotatable bonds is 6. The number of ether oxygens (including phenoxy) is 2. The molecule has 1 aliphatic heterocycles. The van der Waals surface area contributed by atoms with Gasteiger partial charge in [-0.25, -0.2) is 0 Å². The third kappa shape index (κ3) is 4.14. The Labute approximate surface area is 133 Å². The summed E-state index contributed by atoms with van der Waals surface area (Å²) in [6, 6.07) is 6.20. The van der Waals surface area contributed by atoms with E-state index < -0.39 is 0 Å². The number of piperidine rings is 1. The van der Waals surface area contributed by atoms with Crippen molar-refractivity contribution in [1.29, 1.82) is 0 Å². The molecule has 1 aliphatic carbocycles. The molecular weight excluding hydrogens is 276 g/mol. The summed E-state index contributed by atoms with van der Waals surface area (Å²) in [6.07, 6.45) is 9.09. The molecule has 4 nitrogen and oxygen atoms in total. The van der Waals surface area contributed by atoms with E-state index in [0.29, 0.717) is 6.10 Å². The molecule has 120 valence electrons. The zero-order valence-corrected chi connectivity index (χ0v) is 13.6. The van der Waals surface area contributed by atoms with Crippen molar-refractivity contribution in [3.8, 4) is 11.5 Å². The van der Waals surface area contributed by atoms with Gasteiger partial charge < -0.3 is 9.47 Å². The van der Waals surface area contributed by atoms with Crippen LogP contribution in [0.5, 0.6) is 11.5 Å². The molecule has 1 saturated carbocycles. The molecule has 3 rings (SSSR count). The van der Waals surface area contributed by atoms with E-state index >= 15 is 0 Å². The number of nitrogens with zero attached hydrogens (tertiary/aromatic N) is 2. The molecule has 1 aromatic rings. The smallest absolute Gasteiger partial charge is 0.237 e. The molecule has 2 radical (unpaired) electrons. The zero-order chi connectivity index (χ0) is 15.2. The van der Waals surface area contributed by atoms with Crippen LogP contribution in [0, 0.1) is 0 Å². The van der Waals surface area contributed by atoms with Gasteiger partial charge in [-0.3, -0.25) is 0 Å². The van der Waals surface area contributed by atoms with Gasteiger partial charge >= 0.3 is 0 Å². The van der Waals surface area contributed by atoms with Crippen LogP contribution in [-0.2, 0) is 6.54 Å². The molecule has 1 heterocycles. The summed E-state index contributed by atoms with van der Waals surface area (Å²) < 4.78 is 11.6. The average molecular weight is 303 g/mol. The Morgan fingerprint density at radius 2 is 1.82 bits per heavy atom. The zero-order valence-electron chi connectivity index (χ0n) is 13.6. The van der Waals surface area contributed by atoms with Gasteiger partial charge in [-0.2, -0.15) is 0 Å². The summed E-state index contributed by atoms with van der Waals surface area (Å²) in [7, 11) is 1.70. The van der Waals surface area contributed by atoms with Crippen LogP contribution in [0.1, 0.15) is 50.5 Å². The number of hydrogen-bond acceptors (Lipinski definition) is 3. The standard InChI is InChI=1S/C18H27N2O2/c1-21-17-10-9-15(14-19-20-11-5-2-6-12-20)13-18(17)22-16-7-3-4-8-16/h9-10,13,16H,2-8,11-12,14H2,1H3/q+1. The summed E-state index contributed by atoms with van der Waals surface area (Å²) in [5.41, 5.74) is 5.91. The second kappa shape index (κ2) is 7.84. The third-order valence-corrected chi connectivity index (χ3v) is 4.61. The highest BCUT2D eigenvalue weighted by molar-refractivity contribution is 5.43. The molecule has 0 spiro atoms. The Kier molecular flexibility index (Phi) is 5.57. The molecule has 22 heavy (non-hydrogen) atoms. The molecule has 0 atom stereocenters. The monoisotopic (exact) mass is 303 g/mol. The molecular formula is C18H27N2O2+. The van der Waals surface area contributed by atoms with Gasteiger partial charge in [0.15, 0.2) is 16.9 Å². The van der Waals surface area contributed by atoms with Crippen LogP contribution in [-0.4, -0.2) is 31.3 Å². The minimum absolute atomic E-state index is 0.350. The Hall–Kier alpha value is -1.26. The minimum atomic E-state index is 0.350. The normalized spacial score (nSPS) is 20.2. The fourth-order valence-electron chi connectivity index (χ4n) is 3.30. The quantitative estimate of drug-likeness (QED) is 0.806. The molecule has 2 fully saturated rings. The predicted octanol–water partition coefficient (Wildman–Crippen LogP) is 3.52. The number of hydrogen-bond donors (Lipinski definition) is 0. The first kappa shape index (κ1) is 15.6. The second-order valence-electron chi connectivity index (χ2n) is 6.32. The van der Waals surface area contributed by atoms with Gasteiger partial charge in [0, 0.05) is 5.56 Å². The first-order valence-electron chi connectivity index (χ1n) is 8.61. The first-order chi connectivity index (χ1) is 10.8. The molecule has 0 amide bonds. The van der Waals surface area contributed by atoms with Crippen molar-refractivity contribution in [2.24, 2.45) is 0 Å². The van der Waals surface area contributed by atoms with Crippen LogP contribution < -0.4 is 14.9 Å². The van der Waals surface area contributed by atoms with E-state index in [2.05, 4.69) is 17.1 Å². The van der Waals surface area contributed by atoms with Gasteiger partial charge in [-0.15, -0.1) is 0 Å². The molecule has 1 saturated heterocycles. The lowest BCUT2D eigenvalue weighted by Crippen LogP contribution is -2.36. The van der Waals surface area contributed by atoms with E-state index in [-0.39, 0.29) is 0 Å². The molecule has 0 bridgehead atoms. The minimum Gasteiger partial charge on any atom is -0.493 e. The predicted molar refractivity (Wildman–Crippen MR) is 87.1 cm³/mol. The van der Waals surface area contributed by atoms with Crippen LogP contribution in [0.15, 0.2) is 18.2 Å². The number of benzene rings is 1. The van der Waals surface area contributed by atoms with Crippen molar-refractivity contribution >= 4 is 0 Å². The average Bonchev–Trinajstić information content (AvgIpc) is 3.07. The van der Waals surface area contributed by atoms with Crippen molar-refractivity contribution in [2.45, 2.75) is 57.6 Å². The molecule has 0 N–H and O–H groups in total. The summed E-state index contributed by atoms with van der Waals surface area (Å²) in [5.74, 6) is 1.70. The fourth-order valence-corrected chi connectivity index (χ4v) is 3.30. The number of methoxy groups -OCH3 is 1. The van der Waals surface area contributed by atoms with Crippen LogP contribution in [0.25, 0.3) is 0 Å². The highest BCUT2D eigenvalue weighted by Crippen LogP contribution is 2.32. The lowest BCUT2D eigenvalue weighted by atomic mass is 10.1. The van der Waals surface area contributed by atoms with Gasteiger partial charge in [0.05, 0.1) is 26.3 Å². The Morgan fingerprint density at radius 1 is 1.05 bits per heavy atom. The van der Waals surface area contributed by atoms with Gasteiger partial charge in [0.1, 0.15) is 0 Å². The van der Waals surface area contributed by atoms with Crippen LogP contribution >= 0.6 is 0 Å². The molecule has 4 heteroatoms.